The van der Waals surface area contributed by atoms with E-state index in [-0.39, 0.29) is 0 Å². The summed E-state index contributed by atoms with van der Waals surface area (Å²) in [5, 5.41) is 0. The predicted molar refractivity (Wildman–Crippen MR) is 95.6 cm³/mol. The maximum absolute atomic E-state index is 5.81. The molecule has 3 nitrogen and oxygen atoms in total. The molecular weight excluding hydrogens is 284 g/mol. The standard InChI is InChI=1S/C20H32N2O/c1-2-8-19(9-3-1)18-23-17-7-13-21-12-6-14-22(16-15-21)20-10-4-5-11-20/h1-3,8-9,20H,4-7,10-18H2. The summed E-state index contributed by atoms with van der Waals surface area (Å²) in [6.45, 7) is 7.90. The Bertz CT molecular complexity index is 431. The van der Waals surface area contributed by atoms with Crippen molar-refractivity contribution in [3.8, 4) is 0 Å². The highest BCUT2D eigenvalue weighted by Crippen LogP contribution is 2.24. The fourth-order valence-corrected chi connectivity index (χ4v) is 4.00. The van der Waals surface area contributed by atoms with Crippen LogP contribution in [0.5, 0.6) is 0 Å². The first kappa shape index (κ1) is 16.9. The van der Waals surface area contributed by atoms with Gasteiger partial charge in [-0.1, -0.05) is 43.2 Å². The van der Waals surface area contributed by atoms with Crippen molar-refractivity contribution < 1.29 is 4.74 Å². The number of benzene rings is 1. The van der Waals surface area contributed by atoms with E-state index in [9.17, 15) is 0 Å². The first-order valence-electron chi connectivity index (χ1n) is 9.50. The zero-order valence-electron chi connectivity index (χ0n) is 14.5. The Balaban J connectivity index is 1.28. The van der Waals surface area contributed by atoms with Crippen LogP contribution in [-0.2, 0) is 11.3 Å². The van der Waals surface area contributed by atoms with Gasteiger partial charge < -0.3 is 9.64 Å². The summed E-state index contributed by atoms with van der Waals surface area (Å²) in [5.41, 5.74) is 1.27. The first-order chi connectivity index (χ1) is 11.4. The maximum Gasteiger partial charge on any atom is 0.0716 e. The molecule has 1 aromatic carbocycles. The number of hydrogen-bond acceptors (Lipinski definition) is 3. The van der Waals surface area contributed by atoms with Crippen LogP contribution in [-0.4, -0.2) is 55.2 Å². The monoisotopic (exact) mass is 316 g/mol. The second-order valence-electron chi connectivity index (χ2n) is 7.06. The Hall–Kier alpha value is -0.900. The third kappa shape index (κ3) is 5.59. The van der Waals surface area contributed by atoms with Gasteiger partial charge in [0.1, 0.15) is 0 Å². The van der Waals surface area contributed by atoms with Gasteiger partial charge in [0.2, 0.25) is 0 Å². The smallest absolute Gasteiger partial charge is 0.0716 e. The molecule has 0 N–H and O–H groups in total. The molecule has 2 aliphatic rings. The van der Waals surface area contributed by atoms with E-state index in [1.54, 1.807) is 0 Å². The van der Waals surface area contributed by atoms with Crippen LogP contribution in [0.25, 0.3) is 0 Å². The van der Waals surface area contributed by atoms with Crippen LogP contribution in [0, 0.1) is 0 Å². The Morgan fingerprint density at radius 1 is 0.913 bits per heavy atom. The van der Waals surface area contributed by atoms with Gasteiger partial charge in [0.05, 0.1) is 6.61 Å². The van der Waals surface area contributed by atoms with E-state index in [0.29, 0.717) is 0 Å². The van der Waals surface area contributed by atoms with Gasteiger partial charge in [-0.2, -0.15) is 0 Å². The molecule has 3 rings (SSSR count). The average Bonchev–Trinajstić information content (AvgIpc) is 3.02. The second-order valence-corrected chi connectivity index (χ2v) is 7.06. The Kier molecular flexibility index (Phi) is 6.93. The Morgan fingerprint density at radius 3 is 2.57 bits per heavy atom. The van der Waals surface area contributed by atoms with Crippen molar-refractivity contribution >= 4 is 0 Å². The van der Waals surface area contributed by atoms with E-state index >= 15 is 0 Å². The van der Waals surface area contributed by atoms with Crippen molar-refractivity contribution in [2.45, 2.75) is 51.2 Å². The van der Waals surface area contributed by atoms with Gasteiger partial charge >= 0.3 is 0 Å². The molecule has 0 spiro atoms. The molecule has 1 aliphatic carbocycles. The van der Waals surface area contributed by atoms with E-state index in [1.165, 1.54) is 70.4 Å². The molecule has 3 heteroatoms. The van der Waals surface area contributed by atoms with Crippen molar-refractivity contribution in [3.05, 3.63) is 35.9 Å². The molecular formula is C20H32N2O. The first-order valence-corrected chi connectivity index (χ1v) is 9.50. The molecule has 0 amide bonds. The van der Waals surface area contributed by atoms with Gasteiger partial charge in [0, 0.05) is 32.3 Å². The van der Waals surface area contributed by atoms with E-state index in [1.807, 2.05) is 0 Å². The highest BCUT2D eigenvalue weighted by Gasteiger charge is 2.24. The number of rotatable bonds is 7. The zero-order chi connectivity index (χ0) is 15.7. The maximum atomic E-state index is 5.81. The molecule has 1 saturated carbocycles. The topological polar surface area (TPSA) is 15.7 Å². The van der Waals surface area contributed by atoms with Crippen LogP contribution in [0.4, 0.5) is 0 Å². The predicted octanol–water partition coefficient (Wildman–Crippen LogP) is 3.54. The van der Waals surface area contributed by atoms with Crippen molar-refractivity contribution in [3.63, 3.8) is 0 Å². The van der Waals surface area contributed by atoms with Gasteiger partial charge in [0.25, 0.3) is 0 Å². The van der Waals surface area contributed by atoms with Crippen LogP contribution in [0.15, 0.2) is 30.3 Å². The molecule has 0 aromatic heterocycles. The van der Waals surface area contributed by atoms with Gasteiger partial charge in [-0.25, -0.2) is 0 Å². The molecule has 0 unspecified atom stereocenters. The molecule has 1 aromatic rings. The van der Waals surface area contributed by atoms with E-state index in [4.69, 9.17) is 4.74 Å². The van der Waals surface area contributed by atoms with E-state index < -0.39 is 0 Å². The normalized spacial score (nSPS) is 21.6. The highest BCUT2D eigenvalue weighted by molar-refractivity contribution is 5.13. The van der Waals surface area contributed by atoms with Crippen molar-refractivity contribution in [2.75, 3.05) is 39.3 Å². The second kappa shape index (κ2) is 9.41. The summed E-state index contributed by atoms with van der Waals surface area (Å²) in [6, 6.07) is 11.4. The lowest BCUT2D eigenvalue weighted by atomic mass is 10.2. The molecule has 1 heterocycles. The van der Waals surface area contributed by atoms with Crippen LogP contribution in [0.2, 0.25) is 0 Å². The van der Waals surface area contributed by atoms with E-state index in [2.05, 4.69) is 40.1 Å². The summed E-state index contributed by atoms with van der Waals surface area (Å²) in [6.07, 6.45) is 8.26. The van der Waals surface area contributed by atoms with Crippen molar-refractivity contribution in [1.29, 1.82) is 0 Å². The lowest BCUT2D eigenvalue weighted by Crippen LogP contribution is -2.37. The quantitative estimate of drug-likeness (QED) is 0.716. The molecule has 1 saturated heterocycles. The van der Waals surface area contributed by atoms with Crippen LogP contribution >= 0.6 is 0 Å². The van der Waals surface area contributed by atoms with Crippen LogP contribution < -0.4 is 0 Å². The largest absolute Gasteiger partial charge is 0.377 e. The Labute approximate surface area is 141 Å². The fourth-order valence-electron chi connectivity index (χ4n) is 4.00. The lowest BCUT2D eigenvalue weighted by Gasteiger charge is -2.27. The number of ether oxygens (including phenoxy) is 1. The lowest BCUT2D eigenvalue weighted by molar-refractivity contribution is 0.108. The zero-order valence-corrected chi connectivity index (χ0v) is 14.5. The summed E-state index contributed by atoms with van der Waals surface area (Å²) in [7, 11) is 0. The summed E-state index contributed by atoms with van der Waals surface area (Å²) < 4.78 is 5.81. The summed E-state index contributed by atoms with van der Waals surface area (Å²) in [5.74, 6) is 0. The minimum Gasteiger partial charge on any atom is -0.377 e. The molecule has 23 heavy (non-hydrogen) atoms. The molecule has 0 atom stereocenters. The van der Waals surface area contributed by atoms with Crippen molar-refractivity contribution in [1.82, 2.24) is 9.80 Å². The Morgan fingerprint density at radius 2 is 1.74 bits per heavy atom. The average molecular weight is 316 g/mol. The summed E-state index contributed by atoms with van der Waals surface area (Å²) >= 11 is 0. The number of hydrogen-bond donors (Lipinski definition) is 0. The van der Waals surface area contributed by atoms with Gasteiger partial charge in [0.15, 0.2) is 0 Å². The molecule has 2 fully saturated rings. The fraction of sp³-hybridized carbons (Fsp3) is 0.700. The van der Waals surface area contributed by atoms with E-state index in [0.717, 1.165) is 25.7 Å². The SMILES string of the molecule is c1ccc(COCCCN2CCCN(C3CCCC3)CC2)cc1. The minimum absolute atomic E-state index is 0.746. The van der Waals surface area contributed by atoms with Gasteiger partial charge in [-0.15, -0.1) is 0 Å². The van der Waals surface area contributed by atoms with Gasteiger partial charge in [-0.3, -0.25) is 4.90 Å². The number of nitrogens with zero attached hydrogens (tertiary/aromatic N) is 2. The minimum atomic E-state index is 0.746. The third-order valence-corrected chi connectivity index (χ3v) is 5.34. The molecule has 128 valence electrons. The van der Waals surface area contributed by atoms with Crippen LogP contribution in [0.1, 0.15) is 44.1 Å². The highest BCUT2D eigenvalue weighted by atomic mass is 16.5. The third-order valence-electron chi connectivity index (χ3n) is 5.34. The summed E-state index contributed by atoms with van der Waals surface area (Å²) in [4.78, 5) is 5.40. The molecule has 0 radical (unpaired) electrons. The molecule has 1 aliphatic heterocycles. The van der Waals surface area contributed by atoms with Crippen molar-refractivity contribution in [2.24, 2.45) is 0 Å². The van der Waals surface area contributed by atoms with Crippen LogP contribution in [0.3, 0.4) is 0 Å². The molecule has 0 bridgehead atoms. The van der Waals surface area contributed by atoms with Gasteiger partial charge in [-0.05, 0) is 44.3 Å².